The molecule has 0 bridgehead atoms. The average molecular weight is 668 g/mol. The summed E-state index contributed by atoms with van der Waals surface area (Å²) in [4.78, 5) is 36.9. The number of ether oxygens (including phenoxy) is 8. The van der Waals surface area contributed by atoms with E-state index in [0.717, 1.165) is 40.2 Å². The van der Waals surface area contributed by atoms with Crippen molar-refractivity contribution < 1.29 is 72.7 Å². The molecule has 0 aromatic heterocycles. The smallest absolute Gasteiger partial charge is 0.341 e. The molecule has 268 valence electrons. The van der Waals surface area contributed by atoms with Gasteiger partial charge in [0.2, 0.25) is 0 Å². The molecular formula is C30H53NO15. The van der Waals surface area contributed by atoms with Crippen molar-refractivity contribution in [2.24, 2.45) is 11.7 Å². The lowest BCUT2D eigenvalue weighted by Crippen LogP contribution is -2.72. The zero-order valence-electron chi connectivity index (χ0n) is 27.6. The highest BCUT2D eigenvalue weighted by atomic mass is 16.7. The van der Waals surface area contributed by atoms with Crippen LogP contribution < -0.4 is 5.73 Å². The number of carbonyl (C=O) groups excluding carboxylic acids is 3. The Bertz CT molecular complexity index is 955. The lowest BCUT2D eigenvalue weighted by Gasteiger charge is -2.53. The van der Waals surface area contributed by atoms with Crippen LogP contribution in [0, 0.1) is 5.92 Å². The molecule has 0 radical (unpaired) electrons. The third-order valence-electron chi connectivity index (χ3n) is 8.23. The summed E-state index contributed by atoms with van der Waals surface area (Å²) in [5.74, 6) is -4.07. The number of nitrogens with two attached hydrogens (primary N) is 1. The highest BCUT2D eigenvalue weighted by molar-refractivity contribution is 5.81. The second kappa shape index (κ2) is 19.1. The van der Waals surface area contributed by atoms with Crippen molar-refractivity contribution in [2.45, 2.75) is 127 Å². The van der Waals surface area contributed by atoms with Crippen LogP contribution in [0.4, 0.5) is 0 Å². The van der Waals surface area contributed by atoms with Crippen molar-refractivity contribution >= 4 is 17.9 Å². The number of unbranched alkanes of at least 4 members (excludes halogenated alkanes) is 2. The van der Waals surface area contributed by atoms with E-state index < -0.39 is 104 Å². The number of hydrogen-bond donors (Lipinski definition) is 5. The number of rotatable bonds is 18. The highest BCUT2D eigenvalue weighted by Gasteiger charge is 2.63. The fourth-order valence-electron chi connectivity index (χ4n) is 5.76. The lowest BCUT2D eigenvalue weighted by molar-refractivity contribution is -0.321. The Kier molecular flexibility index (Phi) is 16.7. The molecule has 16 nitrogen and oxygen atoms in total. The summed E-state index contributed by atoms with van der Waals surface area (Å²) in [6, 6.07) is -1.38. The van der Waals surface area contributed by atoms with Crippen LogP contribution in [-0.2, 0) is 52.3 Å². The minimum Gasteiger partial charge on any atom is -0.467 e. The topological polar surface area (TPSA) is 232 Å². The Labute approximate surface area is 269 Å². The number of esters is 3. The normalized spacial score (nSPS) is 33.5. The van der Waals surface area contributed by atoms with Gasteiger partial charge in [0.1, 0.15) is 37.1 Å². The summed E-state index contributed by atoms with van der Waals surface area (Å²) in [6.45, 7) is 6.17. The maximum absolute atomic E-state index is 13.6. The van der Waals surface area contributed by atoms with Crippen molar-refractivity contribution in [3.63, 3.8) is 0 Å². The second-order valence-corrected chi connectivity index (χ2v) is 11.7. The molecule has 0 aliphatic carbocycles. The van der Waals surface area contributed by atoms with Crippen LogP contribution in [0.2, 0.25) is 0 Å². The molecule has 12 atom stereocenters. The van der Waals surface area contributed by atoms with Crippen LogP contribution in [-0.4, -0.2) is 146 Å². The summed E-state index contributed by atoms with van der Waals surface area (Å²) in [5.41, 5.74) is 3.78. The summed E-state index contributed by atoms with van der Waals surface area (Å²) in [6.07, 6.45) is -11.0. The van der Waals surface area contributed by atoms with Gasteiger partial charge in [-0.05, 0) is 12.8 Å². The molecule has 0 saturated carbocycles. The molecule has 2 rings (SSSR count). The van der Waals surface area contributed by atoms with Gasteiger partial charge in [-0.1, -0.05) is 26.7 Å². The van der Waals surface area contributed by atoms with Crippen LogP contribution in [0.3, 0.4) is 0 Å². The fraction of sp³-hybridized carbons (Fsp3) is 0.900. The van der Waals surface area contributed by atoms with Crippen molar-refractivity contribution in [2.75, 3.05) is 40.6 Å². The summed E-state index contributed by atoms with van der Waals surface area (Å²) in [7, 11) is 2.33. The van der Waals surface area contributed by atoms with Crippen molar-refractivity contribution in [3.8, 4) is 0 Å². The third kappa shape index (κ3) is 10.0. The van der Waals surface area contributed by atoms with Gasteiger partial charge in [0, 0.05) is 46.5 Å². The monoisotopic (exact) mass is 667 g/mol. The van der Waals surface area contributed by atoms with E-state index in [0.29, 0.717) is 13.0 Å². The maximum atomic E-state index is 13.6. The van der Waals surface area contributed by atoms with Gasteiger partial charge in [0.25, 0.3) is 0 Å². The number of hydrogen-bond acceptors (Lipinski definition) is 16. The first kappa shape index (κ1) is 40.2. The number of carbonyl (C=O) groups is 3. The summed E-state index contributed by atoms with van der Waals surface area (Å²) >= 11 is 0. The van der Waals surface area contributed by atoms with Crippen molar-refractivity contribution in [3.05, 3.63) is 0 Å². The number of aliphatic hydroxyl groups is 4. The van der Waals surface area contributed by atoms with Gasteiger partial charge >= 0.3 is 17.9 Å². The minimum atomic E-state index is -2.45. The zero-order chi connectivity index (χ0) is 34.6. The zero-order valence-corrected chi connectivity index (χ0v) is 27.6. The lowest BCUT2D eigenvalue weighted by atomic mass is 9.72. The van der Waals surface area contributed by atoms with Crippen LogP contribution >= 0.6 is 0 Å². The van der Waals surface area contributed by atoms with E-state index in [-0.39, 0.29) is 13.2 Å². The van der Waals surface area contributed by atoms with Gasteiger partial charge in [-0.2, -0.15) is 0 Å². The molecule has 2 saturated heterocycles. The average Bonchev–Trinajstić information content (AvgIpc) is 3.02. The molecule has 6 N–H and O–H groups in total. The molecule has 0 aromatic carbocycles. The SMILES string of the molecule is CCCCOCC1O[C@@H](OC)C(O)[C@@H](C(O)[C@]2(C(=O)OC)C[C@@H](O)[C@@H](N)C([C@H](O)[C@@H](COC(C)=O)OC(C)=O)O2)[C@H]1OCCCC. The van der Waals surface area contributed by atoms with E-state index in [4.69, 9.17) is 43.6 Å². The third-order valence-corrected chi connectivity index (χ3v) is 8.23. The molecule has 16 heteroatoms. The van der Waals surface area contributed by atoms with E-state index in [1.54, 1.807) is 0 Å². The van der Waals surface area contributed by atoms with Gasteiger partial charge in [-0.25, -0.2) is 4.79 Å². The van der Waals surface area contributed by atoms with E-state index in [2.05, 4.69) is 0 Å². The first-order valence-electron chi connectivity index (χ1n) is 15.7. The summed E-state index contributed by atoms with van der Waals surface area (Å²) in [5, 5.41) is 46.1. The Morgan fingerprint density at radius 2 is 1.67 bits per heavy atom. The van der Waals surface area contributed by atoms with E-state index in [1.807, 2.05) is 13.8 Å². The van der Waals surface area contributed by atoms with Crippen LogP contribution in [0.25, 0.3) is 0 Å². The summed E-state index contributed by atoms with van der Waals surface area (Å²) < 4.78 is 44.6. The Morgan fingerprint density at radius 1 is 1.02 bits per heavy atom. The molecule has 2 aliphatic rings. The van der Waals surface area contributed by atoms with Gasteiger partial charge < -0.3 is 64.1 Å². The first-order valence-corrected chi connectivity index (χ1v) is 15.7. The molecule has 2 fully saturated rings. The van der Waals surface area contributed by atoms with Gasteiger partial charge in [0.15, 0.2) is 18.0 Å². The van der Waals surface area contributed by atoms with Crippen molar-refractivity contribution in [1.29, 1.82) is 0 Å². The van der Waals surface area contributed by atoms with Gasteiger partial charge in [0.05, 0.1) is 32.0 Å². The molecule has 0 spiro atoms. The fourth-order valence-corrected chi connectivity index (χ4v) is 5.76. The van der Waals surface area contributed by atoms with E-state index in [1.165, 1.54) is 7.11 Å². The Morgan fingerprint density at radius 3 is 2.24 bits per heavy atom. The quantitative estimate of drug-likeness (QED) is 0.0666. The minimum absolute atomic E-state index is 0.00766. The van der Waals surface area contributed by atoms with Crippen LogP contribution in [0.5, 0.6) is 0 Å². The highest BCUT2D eigenvalue weighted by Crippen LogP contribution is 2.42. The number of methoxy groups -OCH3 is 2. The van der Waals surface area contributed by atoms with Crippen molar-refractivity contribution in [1.82, 2.24) is 0 Å². The molecule has 0 amide bonds. The van der Waals surface area contributed by atoms with Gasteiger partial charge in [-0.3, -0.25) is 9.59 Å². The predicted octanol–water partition coefficient (Wildman–Crippen LogP) is -1.06. The molecular weight excluding hydrogens is 614 g/mol. The largest absolute Gasteiger partial charge is 0.467 e. The van der Waals surface area contributed by atoms with Gasteiger partial charge in [-0.15, -0.1) is 0 Å². The van der Waals surface area contributed by atoms with Crippen LogP contribution in [0.1, 0.15) is 59.8 Å². The molecule has 2 heterocycles. The molecule has 0 aromatic rings. The maximum Gasteiger partial charge on any atom is 0.341 e. The first-order chi connectivity index (χ1) is 21.8. The number of aliphatic hydroxyl groups excluding tert-OH is 4. The second-order valence-electron chi connectivity index (χ2n) is 11.7. The van der Waals surface area contributed by atoms with E-state index >= 15 is 0 Å². The molecule has 4 unspecified atom stereocenters. The Balaban J connectivity index is 2.59. The van der Waals surface area contributed by atoms with E-state index in [9.17, 15) is 34.8 Å². The van der Waals surface area contributed by atoms with Crippen LogP contribution in [0.15, 0.2) is 0 Å². The standard InChI is InChI=1S/C30H53NO15/c1-7-9-11-41-14-20-25(42-12-10-8-2)21(24(36)28(39-5)45-20)27(37)30(29(38)40-6)13-18(34)22(31)26(46-30)23(35)19(44-17(4)33)15-43-16(3)32/h18-28,34-37H,7-15,31H2,1-6H3/t18-,19-,20?,21-,22-,23-,24?,25+,26?,27?,28-,30+/m1/s1. The molecule has 46 heavy (non-hydrogen) atoms. The molecule has 2 aliphatic heterocycles. The predicted molar refractivity (Wildman–Crippen MR) is 158 cm³/mol. The Hall–Kier alpha value is -1.99.